The van der Waals surface area contributed by atoms with Gasteiger partial charge in [0, 0.05) is 41.9 Å². The van der Waals surface area contributed by atoms with E-state index in [1.165, 1.54) is 12.1 Å². The molecule has 0 saturated carbocycles. The summed E-state index contributed by atoms with van der Waals surface area (Å²) in [5.41, 5.74) is 5.52. The summed E-state index contributed by atoms with van der Waals surface area (Å²) >= 11 is 0. The van der Waals surface area contributed by atoms with Crippen molar-refractivity contribution in [2.24, 2.45) is 5.14 Å². The average Bonchev–Trinajstić information content (AvgIpc) is 3.29. The molecule has 0 aliphatic heterocycles. The second kappa shape index (κ2) is 6.97. The number of para-hydroxylation sites is 1. The summed E-state index contributed by atoms with van der Waals surface area (Å²) in [5, 5.41) is 6.30. The van der Waals surface area contributed by atoms with Crippen molar-refractivity contribution in [3.05, 3.63) is 72.8 Å². The Hall–Kier alpha value is -3.62. The molecule has 0 spiro atoms. The summed E-state index contributed by atoms with van der Waals surface area (Å²) in [5.74, 6) is 0.765. The van der Waals surface area contributed by atoms with E-state index in [-0.39, 0.29) is 4.90 Å². The summed E-state index contributed by atoms with van der Waals surface area (Å²) in [4.78, 5) is 10.5. The zero-order chi connectivity index (χ0) is 21.8. The van der Waals surface area contributed by atoms with Crippen LogP contribution in [0.5, 0.6) is 0 Å². The highest BCUT2D eigenvalue weighted by Crippen LogP contribution is 2.33. The molecule has 31 heavy (non-hydrogen) atoms. The highest BCUT2D eigenvalue weighted by Gasteiger charge is 2.19. The van der Waals surface area contributed by atoms with Crippen LogP contribution in [0.3, 0.4) is 0 Å². The molecule has 0 unspecified atom stereocenters. The van der Waals surface area contributed by atoms with Gasteiger partial charge in [-0.1, -0.05) is 18.2 Å². The van der Waals surface area contributed by atoms with Crippen molar-refractivity contribution in [1.82, 2.24) is 14.5 Å². The monoisotopic (exact) mass is 431 g/mol. The van der Waals surface area contributed by atoms with E-state index in [1.54, 1.807) is 12.1 Å². The van der Waals surface area contributed by atoms with Gasteiger partial charge in [-0.05, 0) is 54.6 Å². The van der Waals surface area contributed by atoms with Crippen LogP contribution in [-0.4, -0.2) is 37.0 Å². The van der Waals surface area contributed by atoms with Crippen LogP contribution in [0.1, 0.15) is 0 Å². The Morgan fingerprint density at radius 2 is 1.61 bits per heavy atom. The first kappa shape index (κ1) is 19.3. The van der Waals surface area contributed by atoms with Gasteiger partial charge in [0.1, 0.15) is 17.0 Å². The molecule has 0 fully saturated rings. The fourth-order valence-electron chi connectivity index (χ4n) is 3.79. The third-order valence-corrected chi connectivity index (χ3v) is 6.31. The number of aromatic nitrogens is 3. The summed E-state index contributed by atoms with van der Waals surface area (Å²) in [6, 6.07) is 22.7. The number of H-pyrrole nitrogens is 1. The van der Waals surface area contributed by atoms with Crippen LogP contribution in [0.2, 0.25) is 0 Å². The maximum atomic E-state index is 11.7. The lowest BCUT2D eigenvalue weighted by Gasteiger charge is -2.13. The first-order valence-electron chi connectivity index (χ1n) is 9.73. The Balaban J connectivity index is 1.77. The third-order valence-electron chi connectivity index (χ3n) is 5.38. The third kappa shape index (κ3) is 3.26. The number of anilines is 1. The van der Waals surface area contributed by atoms with E-state index in [0.29, 0.717) is 0 Å². The van der Waals surface area contributed by atoms with Gasteiger partial charge in [0.25, 0.3) is 0 Å². The number of hydrogen-bond acceptors (Lipinski definition) is 4. The number of primary sulfonamides is 1. The molecule has 0 aliphatic carbocycles. The van der Waals surface area contributed by atoms with Gasteiger partial charge in [0.15, 0.2) is 0 Å². The molecule has 3 N–H and O–H groups in total. The normalized spacial score (nSPS) is 12.0. The topological polar surface area (TPSA) is 97.0 Å². The molecule has 0 atom stereocenters. The Kier molecular flexibility index (Phi) is 4.35. The minimum Gasteiger partial charge on any atom is -0.378 e. The predicted molar refractivity (Wildman–Crippen MR) is 124 cm³/mol. The molecule has 2 heterocycles. The second-order valence-electron chi connectivity index (χ2n) is 7.62. The van der Waals surface area contributed by atoms with E-state index in [9.17, 15) is 8.42 Å². The van der Waals surface area contributed by atoms with Crippen molar-refractivity contribution in [3.8, 4) is 17.1 Å². The van der Waals surface area contributed by atoms with Gasteiger partial charge in [0.2, 0.25) is 10.0 Å². The zero-order valence-corrected chi connectivity index (χ0v) is 17.9. The molecule has 156 valence electrons. The van der Waals surface area contributed by atoms with Crippen LogP contribution < -0.4 is 10.0 Å². The molecule has 0 radical (unpaired) electrons. The number of aromatic amines is 1. The number of hydrogen-bond donors (Lipinski definition) is 2. The number of nitrogens with one attached hydrogen (secondary N) is 1. The number of rotatable bonds is 4. The van der Waals surface area contributed by atoms with Crippen LogP contribution in [0.15, 0.2) is 77.7 Å². The molecular weight excluding hydrogens is 410 g/mol. The average molecular weight is 432 g/mol. The summed E-state index contributed by atoms with van der Waals surface area (Å²) in [6.45, 7) is 0. The molecule has 3 aromatic carbocycles. The van der Waals surface area contributed by atoms with Gasteiger partial charge in [-0.15, -0.1) is 0 Å². The molecule has 0 aliphatic rings. The van der Waals surface area contributed by atoms with Crippen molar-refractivity contribution in [2.75, 3.05) is 19.0 Å². The lowest BCUT2D eigenvalue weighted by Crippen LogP contribution is -2.12. The maximum Gasteiger partial charge on any atom is 0.238 e. The van der Waals surface area contributed by atoms with Crippen LogP contribution >= 0.6 is 0 Å². The van der Waals surface area contributed by atoms with Crippen LogP contribution in [0.4, 0.5) is 5.69 Å². The first-order chi connectivity index (χ1) is 14.8. The first-order valence-corrected chi connectivity index (χ1v) is 11.3. The molecule has 0 bridgehead atoms. The minimum atomic E-state index is -3.76. The molecule has 5 aromatic rings. The second-order valence-corrected chi connectivity index (χ2v) is 9.18. The van der Waals surface area contributed by atoms with Crippen molar-refractivity contribution in [3.63, 3.8) is 0 Å². The van der Waals surface area contributed by atoms with E-state index >= 15 is 0 Å². The summed E-state index contributed by atoms with van der Waals surface area (Å²) in [6.07, 6.45) is 0. The van der Waals surface area contributed by atoms with Gasteiger partial charge in [-0.3, -0.25) is 4.57 Å². The summed E-state index contributed by atoms with van der Waals surface area (Å²) in [7, 11) is 0.233. The van der Waals surface area contributed by atoms with Gasteiger partial charge in [0.05, 0.1) is 4.90 Å². The van der Waals surface area contributed by atoms with Crippen molar-refractivity contribution in [1.29, 1.82) is 0 Å². The molecule has 8 heteroatoms. The largest absolute Gasteiger partial charge is 0.378 e. The Labute approximate surface area is 179 Å². The fraction of sp³-hybridized carbons (Fsp3) is 0.0870. The fourth-order valence-corrected chi connectivity index (χ4v) is 4.30. The van der Waals surface area contributed by atoms with Crippen molar-refractivity contribution < 1.29 is 8.42 Å². The van der Waals surface area contributed by atoms with E-state index in [1.807, 2.05) is 72.1 Å². The van der Waals surface area contributed by atoms with E-state index < -0.39 is 10.0 Å². The minimum absolute atomic E-state index is 0.0705. The molecule has 0 amide bonds. The number of imidazole rings is 1. The highest BCUT2D eigenvalue weighted by molar-refractivity contribution is 7.89. The number of nitrogens with zero attached hydrogens (tertiary/aromatic N) is 3. The highest BCUT2D eigenvalue weighted by atomic mass is 32.2. The standard InChI is InChI=1S/C23H21N5O2S/c1-27(2)16-9-7-15(8-10-16)22-26-21-19-5-3-4-6-20(19)25-23(21)28(22)17-11-13-18(14-12-17)31(24,29)30/h3-14,25H,1-2H3,(H2,24,29,30). The SMILES string of the molecule is CN(C)c1ccc(-c2nc3c4ccccc4[nH]c3n2-c2ccc(S(N)(=O)=O)cc2)cc1. The number of benzene rings is 3. The molecular formula is C23H21N5O2S. The van der Waals surface area contributed by atoms with Gasteiger partial charge in [-0.2, -0.15) is 0 Å². The maximum absolute atomic E-state index is 11.7. The quantitative estimate of drug-likeness (QED) is 0.451. The lowest BCUT2D eigenvalue weighted by atomic mass is 10.2. The predicted octanol–water partition coefficient (Wildman–Crippen LogP) is 3.89. The van der Waals surface area contributed by atoms with Crippen molar-refractivity contribution in [2.45, 2.75) is 4.90 Å². The van der Waals surface area contributed by atoms with E-state index in [0.717, 1.165) is 44.8 Å². The summed E-state index contributed by atoms with van der Waals surface area (Å²) < 4.78 is 25.4. The van der Waals surface area contributed by atoms with E-state index in [2.05, 4.69) is 4.98 Å². The van der Waals surface area contributed by atoms with E-state index in [4.69, 9.17) is 10.1 Å². The van der Waals surface area contributed by atoms with Crippen molar-refractivity contribution >= 4 is 37.8 Å². The van der Waals surface area contributed by atoms with Gasteiger partial charge >= 0.3 is 0 Å². The smallest absolute Gasteiger partial charge is 0.238 e. The lowest BCUT2D eigenvalue weighted by molar-refractivity contribution is 0.598. The molecule has 2 aromatic heterocycles. The zero-order valence-electron chi connectivity index (χ0n) is 17.1. The van der Waals surface area contributed by atoms with Crippen LogP contribution in [-0.2, 0) is 10.0 Å². The number of fused-ring (bicyclic) bond motifs is 3. The Morgan fingerprint density at radius 3 is 2.26 bits per heavy atom. The van der Waals surface area contributed by atoms with Crippen LogP contribution in [0.25, 0.3) is 39.1 Å². The Morgan fingerprint density at radius 1 is 0.935 bits per heavy atom. The molecule has 7 nitrogen and oxygen atoms in total. The van der Waals surface area contributed by atoms with Gasteiger partial charge in [-0.25, -0.2) is 18.5 Å². The molecule has 5 rings (SSSR count). The van der Waals surface area contributed by atoms with Crippen LogP contribution in [0, 0.1) is 0 Å². The molecule has 0 saturated heterocycles. The van der Waals surface area contributed by atoms with Gasteiger partial charge < -0.3 is 9.88 Å². The number of nitrogens with two attached hydrogens (primary N) is 1. The number of sulfonamides is 1. The Bertz CT molecular complexity index is 1510.